The highest BCUT2D eigenvalue weighted by Crippen LogP contribution is 2.43. The Morgan fingerprint density at radius 2 is 0.618 bits per heavy atom. The molecule has 89 heavy (non-hydrogen) atoms. The molecule has 0 aromatic carbocycles. The van der Waals surface area contributed by atoms with Gasteiger partial charge in [0.1, 0.15) is 6.61 Å². The van der Waals surface area contributed by atoms with Gasteiger partial charge in [0.05, 0.1) is 13.2 Å². The number of unbranched alkanes of at least 4 members (excludes halogenated alkanes) is 42. The van der Waals surface area contributed by atoms with Gasteiger partial charge in [0.15, 0.2) is 6.10 Å². The van der Waals surface area contributed by atoms with Crippen LogP contribution >= 0.6 is 7.82 Å². The van der Waals surface area contributed by atoms with Crippen molar-refractivity contribution in [1.82, 2.24) is 0 Å². The average molecular weight is 1260 g/mol. The van der Waals surface area contributed by atoms with Crippen molar-refractivity contribution in [1.29, 1.82) is 0 Å². The zero-order valence-corrected chi connectivity index (χ0v) is 59.1. The number of nitrogens with two attached hydrogens (primary N) is 1. The molecule has 0 saturated carbocycles. The normalized spacial score (nSPS) is 13.4. The van der Waals surface area contributed by atoms with Crippen molar-refractivity contribution < 1.29 is 37.6 Å². The molecule has 0 bridgehead atoms. The van der Waals surface area contributed by atoms with Crippen LogP contribution in [0, 0.1) is 0 Å². The van der Waals surface area contributed by atoms with E-state index in [0.717, 1.165) is 96.3 Å². The lowest BCUT2D eigenvalue weighted by Gasteiger charge is -2.19. The van der Waals surface area contributed by atoms with Gasteiger partial charge < -0.3 is 20.1 Å². The lowest BCUT2D eigenvalue weighted by Crippen LogP contribution is -2.29. The van der Waals surface area contributed by atoms with E-state index in [4.69, 9.17) is 24.3 Å². The number of hydrogen-bond acceptors (Lipinski definition) is 8. The van der Waals surface area contributed by atoms with Gasteiger partial charge in [0.25, 0.3) is 0 Å². The van der Waals surface area contributed by atoms with Gasteiger partial charge in [-0.1, -0.05) is 368 Å². The minimum absolute atomic E-state index is 0.0492. The number of hydrogen-bond donors (Lipinski definition) is 2. The summed E-state index contributed by atoms with van der Waals surface area (Å²) in [6, 6.07) is 0. The lowest BCUT2D eigenvalue weighted by molar-refractivity contribution is -0.161. The van der Waals surface area contributed by atoms with Gasteiger partial charge in [-0.3, -0.25) is 18.6 Å². The minimum Gasteiger partial charge on any atom is -0.462 e. The molecule has 0 fully saturated rings. The lowest BCUT2D eigenvalue weighted by atomic mass is 10.0. The SMILES string of the molecule is CC/C=C\C/C=C\C/C=C\C/C=C\C/C=C\C/C=C\C/C=C\C/C=C\CCCCCCCCCCC(=O)OC(COC(=O)CCCCCCCCCCCCCCCCCCCCCCCCCCCCCCCCCCCCC)COP(=O)(O)OCCN. The molecule has 0 aromatic heterocycles. The number of phosphoric ester groups is 1. The fourth-order valence-corrected chi connectivity index (χ4v) is 11.7. The molecule has 2 atom stereocenters. The zero-order valence-electron chi connectivity index (χ0n) is 58.2. The van der Waals surface area contributed by atoms with Crippen LogP contribution in [0.2, 0.25) is 0 Å². The summed E-state index contributed by atoms with van der Waals surface area (Å²) in [5.41, 5.74) is 5.41. The first-order valence-corrected chi connectivity index (χ1v) is 39.2. The Hall–Kier alpha value is -3.07. The summed E-state index contributed by atoms with van der Waals surface area (Å²) in [4.78, 5) is 35.4. The number of rotatable bonds is 71. The van der Waals surface area contributed by atoms with Crippen LogP contribution in [0.5, 0.6) is 0 Å². The van der Waals surface area contributed by atoms with Gasteiger partial charge in [0, 0.05) is 19.4 Å². The van der Waals surface area contributed by atoms with E-state index in [1.165, 1.54) is 231 Å². The maximum absolute atomic E-state index is 12.8. The van der Waals surface area contributed by atoms with Crippen molar-refractivity contribution in [3.8, 4) is 0 Å². The van der Waals surface area contributed by atoms with Crippen LogP contribution in [0.3, 0.4) is 0 Å². The minimum atomic E-state index is -4.40. The number of allylic oxidation sites excluding steroid dienone is 16. The van der Waals surface area contributed by atoms with E-state index in [1.807, 2.05) is 0 Å². The molecule has 0 radical (unpaired) electrons. The molecule has 0 heterocycles. The topological polar surface area (TPSA) is 134 Å². The van der Waals surface area contributed by atoms with Gasteiger partial charge in [-0.15, -0.1) is 0 Å². The fraction of sp³-hybridized carbons (Fsp3) is 0.772. The van der Waals surface area contributed by atoms with Gasteiger partial charge in [-0.05, 0) is 77.0 Å². The fourth-order valence-electron chi connectivity index (χ4n) is 11.0. The Kier molecular flexibility index (Phi) is 71.4. The predicted octanol–water partition coefficient (Wildman–Crippen LogP) is 25.1. The summed E-state index contributed by atoms with van der Waals surface area (Å²) in [6.07, 6.45) is 101. The van der Waals surface area contributed by atoms with Gasteiger partial charge in [-0.25, -0.2) is 4.57 Å². The molecule has 0 aliphatic carbocycles. The van der Waals surface area contributed by atoms with Crippen LogP contribution in [-0.2, 0) is 32.7 Å². The van der Waals surface area contributed by atoms with Crippen LogP contribution < -0.4 is 5.73 Å². The maximum atomic E-state index is 12.8. The van der Waals surface area contributed by atoms with Gasteiger partial charge in [-0.2, -0.15) is 0 Å². The highest BCUT2D eigenvalue weighted by molar-refractivity contribution is 7.47. The summed E-state index contributed by atoms with van der Waals surface area (Å²) in [6.45, 7) is 3.67. The third-order valence-corrected chi connectivity index (χ3v) is 17.5. The number of ether oxygens (including phenoxy) is 2. The predicted molar refractivity (Wildman–Crippen MR) is 385 cm³/mol. The molecular formula is C79H142NO8P. The molecule has 0 saturated heterocycles. The van der Waals surface area contributed by atoms with E-state index in [-0.39, 0.29) is 38.6 Å². The number of esters is 2. The third-order valence-electron chi connectivity index (χ3n) is 16.5. The molecule has 10 heteroatoms. The largest absolute Gasteiger partial charge is 0.472 e. The second-order valence-corrected chi connectivity index (χ2v) is 26.6. The molecule has 0 spiro atoms. The van der Waals surface area contributed by atoms with Crippen molar-refractivity contribution in [3.05, 3.63) is 97.2 Å². The Morgan fingerprint density at radius 1 is 0.348 bits per heavy atom. The number of carbonyl (C=O) groups is 2. The van der Waals surface area contributed by atoms with E-state index in [9.17, 15) is 19.0 Å². The summed E-state index contributed by atoms with van der Waals surface area (Å²) in [5, 5.41) is 0. The molecule has 9 nitrogen and oxygen atoms in total. The summed E-state index contributed by atoms with van der Waals surface area (Å²) < 4.78 is 33.2. The highest BCUT2D eigenvalue weighted by atomic mass is 31.2. The smallest absolute Gasteiger partial charge is 0.462 e. The number of carbonyl (C=O) groups excluding carboxylic acids is 2. The van der Waals surface area contributed by atoms with Crippen LogP contribution in [0.4, 0.5) is 0 Å². The van der Waals surface area contributed by atoms with Crippen molar-refractivity contribution in [3.63, 3.8) is 0 Å². The first kappa shape index (κ1) is 85.9. The Morgan fingerprint density at radius 3 is 0.921 bits per heavy atom. The van der Waals surface area contributed by atoms with Crippen molar-refractivity contribution in [2.75, 3.05) is 26.4 Å². The molecule has 0 aromatic rings. The maximum Gasteiger partial charge on any atom is 0.472 e. The van der Waals surface area contributed by atoms with E-state index in [0.29, 0.717) is 6.42 Å². The molecule has 0 aliphatic rings. The Bertz CT molecular complexity index is 1780. The zero-order chi connectivity index (χ0) is 64.4. The average Bonchev–Trinajstić information content (AvgIpc) is 3.58. The molecule has 2 unspecified atom stereocenters. The quantitative estimate of drug-likeness (QED) is 0.0264. The van der Waals surface area contributed by atoms with Crippen molar-refractivity contribution in [2.45, 2.75) is 367 Å². The van der Waals surface area contributed by atoms with E-state index in [1.54, 1.807) is 0 Å². The first-order valence-electron chi connectivity index (χ1n) is 37.7. The molecule has 0 aliphatic heterocycles. The van der Waals surface area contributed by atoms with E-state index >= 15 is 0 Å². The van der Waals surface area contributed by atoms with Crippen LogP contribution in [0.1, 0.15) is 361 Å². The van der Waals surface area contributed by atoms with Crippen molar-refractivity contribution >= 4 is 19.8 Å². The van der Waals surface area contributed by atoms with Crippen molar-refractivity contribution in [2.24, 2.45) is 5.73 Å². The van der Waals surface area contributed by atoms with E-state index in [2.05, 4.69) is 111 Å². The van der Waals surface area contributed by atoms with Crippen LogP contribution in [-0.4, -0.2) is 49.3 Å². The molecular weight excluding hydrogens is 1120 g/mol. The second-order valence-electron chi connectivity index (χ2n) is 25.1. The van der Waals surface area contributed by atoms with Gasteiger partial charge in [0.2, 0.25) is 0 Å². The summed E-state index contributed by atoms with van der Waals surface area (Å²) in [5.74, 6) is -0.827. The van der Waals surface area contributed by atoms with Gasteiger partial charge >= 0.3 is 19.8 Å². The Balaban J connectivity index is 3.86. The summed E-state index contributed by atoms with van der Waals surface area (Å²) >= 11 is 0. The first-order chi connectivity index (χ1) is 43.8. The molecule has 0 amide bonds. The monoisotopic (exact) mass is 1260 g/mol. The molecule has 3 N–H and O–H groups in total. The standard InChI is InChI=1S/C79H142NO8P/c1-3-5-7-9-11-13-15-17-19-21-23-25-27-29-31-33-35-37-38-40-41-43-45-47-49-51-53-55-57-59-61-63-65-67-69-71-78(81)85-75-77(76-87-89(83,84)86-74-73-80)88-79(82)72-70-68-66-64-62-60-58-56-54-52-50-48-46-44-42-39-36-34-32-30-28-26-24-22-20-18-16-14-12-10-8-6-4-2/h6,8,12,14,18,20,24,26,30,32,36,39,44,46,50,52,77H,3-5,7,9-11,13,15-17,19,21-23,25,27-29,31,33-35,37-38,40-43,45,47-49,51,53-76,80H2,1-2H3,(H,83,84)/b8-6-,14-12-,20-18-,26-24-,32-30-,39-36-,46-44-,52-50-. The number of phosphoric acid groups is 1. The van der Waals surface area contributed by atoms with Crippen LogP contribution in [0.25, 0.3) is 0 Å². The molecule has 516 valence electrons. The summed E-state index contributed by atoms with van der Waals surface area (Å²) in [7, 11) is -4.40. The van der Waals surface area contributed by atoms with Crippen LogP contribution in [0.15, 0.2) is 97.2 Å². The highest BCUT2D eigenvalue weighted by Gasteiger charge is 2.26. The van der Waals surface area contributed by atoms with E-state index < -0.39 is 26.5 Å². The third kappa shape index (κ3) is 73.9. The second kappa shape index (κ2) is 74.0. The molecule has 0 rings (SSSR count). The Labute approximate surface area is 550 Å².